The third-order valence-corrected chi connectivity index (χ3v) is 5.53. The second-order valence-corrected chi connectivity index (χ2v) is 8.06. The minimum atomic E-state index is -3.74. The molecular formula is C15H17N3O4S3. The van der Waals surface area contributed by atoms with Crippen LogP contribution >= 0.6 is 23.6 Å². The van der Waals surface area contributed by atoms with Gasteiger partial charge in [-0.3, -0.25) is 0 Å². The van der Waals surface area contributed by atoms with Crippen LogP contribution in [0.5, 0.6) is 0 Å². The zero-order valence-electron chi connectivity index (χ0n) is 13.5. The van der Waals surface area contributed by atoms with Crippen LogP contribution in [-0.4, -0.2) is 26.6 Å². The summed E-state index contributed by atoms with van der Waals surface area (Å²) < 4.78 is 27.3. The number of thiophene rings is 1. The molecule has 0 saturated heterocycles. The molecule has 0 saturated carbocycles. The Morgan fingerprint density at radius 1 is 1.28 bits per heavy atom. The van der Waals surface area contributed by atoms with E-state index in [0.717, 1.165) is 11.3 Å². The summed E-state index contributed by atoms with van der Waals surface area (Å²) in [7, 11) is -2.42. The Morgan fingerprint density at radius 3 is 2.44 bits per heavy atom. The lowest BCUT2D eigenvalue weighted by Gasteiger charge is -2.10. The van der Waals surface area contributed by atoms with E-state index in [1.165, 1.54) is 30.6 Å². The van der Waals surface area contributed by atoms with Crippen molar-refractivity contribution in [2.24, 2.45) is 5.14 Å². The average Bonchev–Trinajstić information content (AvgIpc) is 2.96. The maximum atomic E-state index is 11.8. The van der Waals surface area contributed by atoms with E-state index in [9.17, 15) is 13.2 Å². The molecule has 0 bridgehead atoms. The molecule has 1 heterocycles. The first-order valence-corrected chi connectivity index (χ1v) is 9.93. The summed E-state index contributed by atoms with van der Waals surface area (Å²) in [6.45, 7) is 1.99. The topological polar surface area (TPSA) is 111 Å². The Balaban J connectivity index is 2.12. The van der Waals surface area contributed by atoms with Crippen molar-refractivity contribution in [2.45, 2.75) is 18.2 Å². The number of carbonyl (C=O) groups excluding carboxylic acids is 1. The number of nitrogens with one attached hydrogen (secondary N) is 2. The molecule has 0 amide bonds. The normalized spacial score (nSPS) is 11.0. The fraction of sp³-hybridized carbons (Fsp3) is 0.200. The maximum absolute atomic E-state index is 11.8. The van der Waals surface area contributed by atoms with E-state index in [1.54, 1.807) is 18.2 Å². The summed E-state index contributed by atoms with van der Waals surface area (Å²) in [5.41, 5.74) is 0.995. The molecule has 0 atom stereocenters. The van der Waals surface area contributed by atoms with E-state index in [1.807, 2.05) is 6.92 Å². The molecule has 1 aromatic carbocycles. The number of carbonyl (C=O) groups is 1. The molecule has 134 valence electrons. The number of aryl methyl sites for hydroxylation is 1. The van der Waals surface area contributed by atoms with Crippen molar-refractivity contribution < 1.29 is 17.9 Å². The third-order valence-electron chi connectivity index (χ3n) is 3.20. The van der Waals surface area contributed by atoms with Crippen LogP contribution < -0.4 is 15.8 Å². The first-order chi connectivity index (χ1) is 11.7. The van der Waals surface area contributed by atoms with Gasteiger partial charge in [0.2, 0.25) is 10.0 Å². The van der Waals surface area contributed by atoms with Gasteiger partial charge in [0, 0.05) is 10.6 Å². The van der Waals surface area contributed by atoms with Crippen LogP contribution in [0.2, 0.25) is 0 Å². The number of rotatable bonds is 5. The van der Waals surface area contributed by atoms with Crippen LogP contribution in [0.15, 0.2) is 35.2 Å². The van der Waals surface area contributed by atoms with Crippen molar-refractivity contribution in [1.29, 1.82) is 0 Å². The van der Waals surface area contributed by atoms with E-state index in [-0.39, 0.29) is 10.0 Å². The summed E-state index contributed by atoms with van der Waals surface area (Å²) in [5.74, 6) is -0.446. The molecule has 0 spiro atoms. The number of primary sulfonamides is 1. The number of hydrogen-bond donors (Lipinski definition) is 3. The van der Waals surface area contributed by atoms with E-state index in [0.29, 0.717) is 16.3 Å². The van der Waals surface area contributed by atoms with Gasteiger partial charge in [0.1, 0.15) is 5.00 Å². The number of sulfonamides is 1. The number of thiocarbonyl (C=S) groups is 1. The van der Waals surface area contributed by atoms with Gasteiger partial charge in [-0.25, -0.2) is 18.4 Å². The van der Waals surface area contributed by atoms with Crippen molar-refractivity contribution >= 4 is 55.3 Å². The highest BCUT2D eigenvalue weighted by Crippen LogP contribution is 2.29. The van der Waals surface area contributed by atoms with Gasteiger partial charge in [0.25, 0.3) is 0 Å². The van der Waals surface area contributed by atoms with Crippen LogP contribution in [0, 0.1) is 0 Å². The minimum absolute atomic E-state index is 0.00995. The number of methoxy groups -OCH3 is 1. The summed E-state index contributed by atoms with van der Waals surface area (Å²) in [5, 5.41) is 11.8. The van der Waals surface area contributed by atoms with Gasteiger partial charge in [0.15, 0.2) is 5.11 Å². The zero-order chi connectivity index (χ0) is 18.6. The Labute approximate surface area is 155 Å². The van der Waals surface area contributed by atoms with Crippen molar-refractivity contribution in [1.82, 2.24) is 0 Å². The number of benzene rings is 1. The molecule has 2 aromatic rings. The largest absolute Gasteiger partial charge is 0.465 e. The van der Waals surface area contributed by atoms with Gasteiger partial charge in [-0.1, -0.05) is 6.92 Å². The molecule has 0 aliphatic rings. The Bertz CT molecular complexity index is 889. The molecule has 1 aromatic heterocycles. The van der Waals surface area contributed by atoms with E-state index in [4.69, 9.17) is 22.1 Å². The fourth-order valence-electron chi connectivity index (χ4n) is 1.96. The van der Waals surface area contributed by atoms with Crippen LogP contribution in [0.1, 0.15) is 22.2 Å². The summed E-state index contributed by atoms with van der Waals surface area (Å²) in [6.07, 6.45) is 0.783. The molecule has 0 aliphatic heterocycles. The molecule has 10 heteroatoms. The second-order valence-electron chi connectivity index (χ2n) is 4.95. The van der Waals surface area contributed by atoms with Crippen molar-refractivity contribution in [3.05, 3.63) is 40.8 Å². The molecule has 0 unspecified atom stereocenters. The highest BCUT2D eigenvalue weighted by Gasteiger charge is 2.17. The van der Waals surface area contributed by atoms with E-state index < -0.39 is 16.0 Å². The molecule has 4 N–H and O–H groups in total. The van der Waals surface area contributed by atoms with Crippen molar-refractivity contribution in [3.63, 3.8) is 0 Å². The number of nitrogens with two attached hydrogens (primary N) is 1. The third kappa shape index (κ3) is 4.98. The summed E-state index contributed by atoms with van der Waals surface area (Å²) >= 11 is 6.65. The number of hydrogen-bond acceptors (Lipinski definition) is 6. The fourth-order valence-corrected chi connectivity index (χ4v) is 3.75. The smallest absolute Gasteiger partial charge is 0.340 e. The van der Waals surface area contributed by atoms with Gasteiger partial charge >= 0.3 is 5.97 Å². The number of ether oxygens (including phenoxy) is 1. The predicted molar refractivity (Wildman–Crippen MR) is 103 cm³/mol. The van der Waals surface area contributed by atoms with Gasteiger partial charge in [-0.15, -0.1) is 11.3 Å². The van der Waals surface area contributed by atoms with Crippen LogP contribution in [-0.2, 0) is 21.2 Å². The Morgan fingerprint density at radius 2 is 1.92 bits per heavy atom. The minimum Gasteiger partial charge on any atom is -0.465 e. The molecule has 0 aliphatic carbocycles. The van der Waals surface area contributed by atoms with E-state index >= 15 is 0 Å². The SMILES string of the molecule is CCc1cc(C(=O)OC)c(NC(=S)Nc2ccc(S(N)(=O)=O)cc2)s1. The van der Waals surface area contributed by atoms with Gasteiger partial charge < -0.3 is 15.4 Å². The second kappa shape index (κ2) is 7.91. The summed E-state index contributed by atoms with van der Waals surface area (Å²) in [6, 6.07) is 7.60. The average molecular weight is 400 g/mol. The van der Waals surface area contributed by atoms with Gasteiger partial charge in [0.05, 0.1) is 17.6 Å². The lowest BCUT2D eigenvalue weighted by molar-refractivity contribution is 0.0602. The maximum Gasteiger partial charge on any atom is 0.340 e. The zero-order valence-corrected chi connectivity index (χ0v) is 16.0. The van der Waals surface area contributed by atoms with Crippen LogP contribution in [0.3, 0.4) is 0 Å². The van der Waals surface area contributed by atoms with Gasteiger partial charge in [-0.2, -0.15) is 0 Å². The standard InChI is InChI=1S/C15H17N3O4S3/c1-3-10-8-12(14(19)22-2)13(24-10)18-15(23)17-9-4-6-11(7-5-9)25(16,20)21/h4-8H,3H2,1-2H3,(H2,16,20,21)(H2,17,18,23). The first kappa shape index (κ1) is 19.3. The Hall–Kier alpha value is -2.01. The quantitative estimate of drug-likeness (QED) is 0.523. The molecular weight excluding hydrogens is 382 g/mol. The van der Waals surface area contributed by atoms with E-state index in [2.05, 4.69) is 10.6 Å². The number of anilines is 2. The highest BCUT2D eigenvalue weighted by atomic mass is 32.2. The first-order valence-electron chi connectivity index (χ1n) is 7.16. The number of esters is 1. The predicted octanol–water partition coefficient (Wildman–Crippen LogP) is 2.55. The lowest BCUT2D eigenvalue weighted by atomic mass is 10.2. The Kier molecular flexibility index (Phi) is 6.11. The summed E-state index contributed by atoms with van der Waals surface area (Å²) in [4.78, 5) is 12.9. The molecule has 2 rings (SSSR count). The molecule has 0 radical (unpaired) electrons. The molecule has 25 heavy (non-hydrogen) atoms. The van der Waals surface area contributed by atoms with Crippen molar-refractivity contribution in [3.8, 4) is 0 Å². The highest BCUT2D eigenvalue weighted by molar-refractivity contribution is 7.89. The molecule has 7 nitrogen and oxygen atoms in total. The van der Waals surface area contributed by atoms with Gasteiger partial charge in [-0.05, 0) is 49.0 Å². The lowest BCUT2D eigenvalue weighted by Crippen LogP contribution is -2.20. The van der Waals surface area contributed by atoms with Crippen molar-refractivity contribution in [2.75, 3.05) is 17.7 Å². The monoisotopic (exact) mass is 399 g/mol. The molecule has 0 fully saturated rings. The van der Waals surface area contributed by atoms with Crippen LogP contribution in [0.4, 0.5) is 10.7 Å². The van der Waals surface area contributed by atoms with Crippen LogP contribution in [0.25, 0.3) is 0 Å².